The number of amides is 2. The maximum atomic E-state index is 12.6. The Balaban J connectivity index is 1.67. The maximum absolute atomic E-state index is 12.6. The van der Waals surface area contributed by atoms with E-state index in [9.17, 15) is 9.59 Å². The summed E-state index contributed by atoms with van der Waals surface area (Å²) in [5.74, 6) is -0.131. The first kappa shape index (κ1) is 16.0. The van der Waals surface area contributed by atoms with Crippen molar-refractivity contribution in [3.63, 3.8) is 0 Å². The molecule has 1 fully saturated rings. The third kappa shape index (κ3) is 3.24. The summed E-state index contributed by atoms with van der Waals surface area (Å²) in [6, 6.07) is 6.37. The molecule has 1 heterocycles. The Labute approximate surface area is 137 Å². The molecule has 1 aromatic carbocycles. The van der Waals surface area contributed by atoms with Crippen LogP contribution < -0.4 is 5.32 Å². The highest BCUT2D eigenvalue weighted by Gasteiger charge is 2.40. The van der Waals surface area contributed by atoms with Crippen molar-refractivity contribution in [2.45, 2.75) is 38.2 Å². The standard InChI is InChI=1S/C18H24N2O3/c1-18(17(22)19-2)12-20(8-9-23-18)16(21)11-13-6-7-14-4-3-5-15(14)10-13/h6-7,10H,3-5,8-9,11-12H2,1-2H3,(H,19,22)/t18-/m1/s1. The number of rotatable bonds is 3. The first-order valence-electron chi connectivity index (χ1n) is 8.26. The molecule has 124 valence electrons. The molecule has 0 bridgehead atoms. The fourth-order valence-corrected chi connectivity index (χ4v) is 3.51. The van der Waals surface area contributed by atoms with Gasteiger partial charge in [-0.25, -0.2) is 0 Å². The molecule has 0 aromatic heterocycles. The third-order valence-corrected chi connectivity index (χ3v) is 4.85. The first-order chi connectivity index (χ1) is 11.0. The van der Waals surface area contributed by atoms with Gasteiger partial charge in [0.05, 0.1) is 19.6 Å². The lowest BCUT2D eigenvalue weighted by Crippen LogP contribution is -2.59. The average Bonchev–Trinajstić information content (AvgIpc) is 3.01. The summed E-state index contributed by atoms with van der Waals surface area (Å²) < 4.78 is 5.60. The van der Waals surface area contributed by atoms with Crippen LogP contribution in [-0.2, 0) is 33.6 Å². The second kappa shape index (κ2) is 6.32. The minimum absolute atomic E-state index is 0.0568. The van der Waals surface area contributed by atoms with Crippen molar-refractivity contribution in [3.05, 3.63) is 34.9 Å². The zero-order valence-electron chi connectivity index (χ0n) is 13.9. The Morgan fingerprint density at radius 1 is 1.30 bits per heavy atom. The molecule has 1 N–H and O–H groups in total. The number of likely N-dealkylation sites (N-methyl/N-ethyl adjacent to an activating group) is 1. The van der Waals surface area contributed by atoms with E-state index in [0.29, 0.717) is 26.1 Å². The van der Waals surface area contributed by atoms with E-state index < -0.39 is 5.60 Å². The van der Waals surface area contributed by atoms with Crippen LogP contribution in [0.15, 0.2) is 18.2 Å². The number of ether oxygens (including phenoxy) is 1. The number of nitrogens with zero attached hydrogens (tertiary/aromatic N) is 1. The molecule has 3 rings (SSSR count). The monoisotopic (exact) mass is 316 g/mol. The molecule has 5 nitrogen and oxygen atoms in total. The van der Waals surface area contributed by atoms with Gasteiger partial charge in [-0.15, -0.1) is 0 Å². The van der Waals surface area contributed by atoms with Crippen molar-refractivity contribution < 1.29 is 14.3 Å². The van der Waals surface area contributed by atoms with Crippen molar-refractivity contribution in [2.24, 2.45) is 0 Å². The normalized spacial score (nSPS) is 23.5. The number of morpholine rings is 1. The maximum Gasteiger partial charge on any atom is 0.253 e. The van der Waals surface area contributed by atoms with Gasteiger partial charge in [0, 0.05) is 13.6 Å². The van der Waals surface area contributed by atoms with Gasteiger partial charge in [0.2, 0.25) is 5.91 Å². The number of hydrogen-bond donors (Lipinski definition) is 1. The fraction of sp³-hybridized carbons (Fsp3) is 0.556. The third-order valence-electron chi connectivity index (χ3n) is 4.85. The van der Waals surface area contributed by atoms with E-state index in [2.05, 4.69) is 23.5 Å². The van der Waals surface area contributed by atoms with Gasteiger partial charge in [-0.05, 0) is 42.9 Å². The Hall–Kier alpha value is -1.88. The molecule has 1 atom stereocenters. The zero-order valence-corrected chi connectivity index (χ0v) is 13.9. The SMILES string of the molecule is CNC(=O)[C@@]1(C)CN(C(=O)Cc2ccc3c(c2)CCC3)CCO1. The van der Waals surface area contributed by atoms with Gasteiger partial charge in [-0.3, -0.25) is 9.59 Å². The molecule has 1 aliphatic heterocycles. The summed E-state index contributed by atoms with van der Waals surface area (Å²) in [5.41, 5.74) is 2.90. The van der Waals surface area contributed by atoms with Crippen LogP contribution >= 0.6 is 0 Å². The number of carbonyl (C=O) groups is 2. The van der Waals surface area contributed by atoms with Crippen LogP contribution in [0.25, 0.3) is 0 Å². The number of nitrogens with one attached hydrogen (secondary N) is 1. The Bertz CT molecular complexity index is 629. The quantitative estimate of drug-likeness (QED) is 0.908. The molecule has 0 saturated carbocycles. The van der Waals surface area contributed by atoms with E-state index in [0.717, 1.165) is 18.4 Å². The molecule has 0 radical (unpaired) electrons. The lowest BCUT2D eigenvalue weighted by molar-refractivity contribution is -0.162. The van der Waals surface area contributed by atoms with Crippen LogP contribution in [0.5, 0.6) is 0 Å². The highest BCUT2D eigenvalue weighted by molar-refractivity contribution is 5.86. The van der Waals surface area contributed by atoms with Crippen LogP contribution in [0, 0.1) is 0 Å². The van der Waals surface area contributed by atoms with E-state index in [-0.39, 0.29) is 11.8 Å². The minimum atomic E-state index is -0.958. The lowest BCUT2D eigenvalue weighted by atomic mass is 10.0. The van der Waals surface area contributed by atoms with Gasteiger partial charge in [-0.1, -0.05) is 18.2 Å². The zero-order chi connectivity index (χ0) is 16.4. The van der Waals surface area contributed by atoms with Crippen molar-refractivity contribution in [1.29, 1.82) is 0 Å². The van der Waals surface area contributed by atoms with Gasteiger partial charge in [0.1, 0.15) is 0 Å². The van der Waals surface area contributed by atoms with E-state index in [1.807, 2.05) is 0 Å². The van der Waals surface area contributed by atoms with Crippen LogP contribution in [-0.4, -0.2) is 49.1 Å². The number of hydrogen-bond acceptors (Lipinski definition) is 3. The Kier molecular flexibility index (Phi) is 4.39. The highest BCUT2D eigenvalue weighted by atomic mass is 16.5. The summed E-state index contributed by atoms with van der Waals surface area (Å²) in [5, 5.41) is 2.61. The van der Waals surface area contributed by atoms with Gasteiger partial charge in [0.25, 0.3) is 5.91 Å². The Morgan fingerprint density at radius 2 is 2.09 bits per heavy atom. The molecular formula is C18H24N2O3. The number of carbonyl (C=O) groups excluding carboxylic acids is 2. The number of benzene rings is 1. The molecule has 0 unspecified atom stereocenters. The van der Waals surface area contributed by atoms with Crippen molar-refractivity contribution >= 4 is 11.8 Å². The molecule has 1 aromatic rings. The second-order valence-electron chi connectivity index (χ2n) is 6.61. The number of fused-ring (bicyclic) bond motifs is 1. The molecule has 0 spiro atoms. The average molecular weight is 316 g/mol. The molecular weight excluding hydrogens is 292 g/mol. The topological polar surface area (TPSA) is 58.6 Å². The predicted molar refractivity (Wildman–Crippen MR) is 87.2 cm³/mol. The van der Waals surface area contributed by atoms with E-state index >= 15 is 0 Å². The van der Waals surface area contributed by atoms with E-state index in [1.54, 1.807) is 18.9 Å². The fourth-order valence-electron chi connectivity index (χ4n) is 3.51. The summed E-state index contributed by atoms with van der Waals surface area (Å²) in [7, 11) is 1.59. The lowest BCUT2D eigenvalue weighted by Gasteiger charge is -2.39. The number of aryl methyl sites for hydroxylation is 2. The summed E-state index contributed by atoms with van der Waals surface area (Å²) in [6.45, 7) is 2.97. The van der Waals surface area contributed by atoms with Gasteiger partial charge in [0.15, 0.2) is 5.60 Å². The first-order valence-corrected chi connectivity index (χ1v) is 8.26. The van der Waals surface area contributed by atoms with Crippen LogP contribution in [0.4, 0.5) is 0 Å². The summed E-state index contributed by atoms with van der Waals surface area (Å²) in [6.07, 6.45) is 3.86. The van der Waals surface area contributed by atoms with Crippen LogP contribution in [0.3, 0.4) is 0 Å². The van der Waals surface area contributed by atoms with Crippen LogP contribution in [0.2, 0.25) is 0 Å². The van der Waals surface area contributed by atoms with Gasteiger partial charge < -0.3 is 15.0 Å². The predicted octanol–water partition coefficient (Wildman–Crippen LogP) is 1.08. The second-order valence-corrected chi connectivity index (χ2v) is 6.61. The summed E-state index contributed by atoms with van der Waals surface area (Å²) in [4.78, 5) is 26.3. The highest BCUT2D eigenvalue weighted by Crippen LogP contribution is 2.24. The molecule has 5 heteroatoms. The van der Waals surface area contributed by atoms with Crippen molar-refractivity contribution in [2.75, 3.05) is 26.7 Å². The molecule has 23 heavy (non-hydrogen) atoms. The van der Waals surface area contributed by atoms with Crippen LogP contribution in [0.1, 0.15) is 30.0 Å². The van der Waals surface area contributed by atoms with Gasteiger partial charge >= 0.3 is 0 Å². The van der Waals surface area contributed by atoms with Crippen molar-refractivity contribution in [3.8, 4) is 0 Å². The van der Waals surface area contributed by atoms with E-state index in [1.165, 1.54) is 17.5 Å². The molecule has 2 amide bonds. The molecule has 1 aliphatic carbocycles. The molecule has 1 saturated heterocycles. The van der Waals surface area contributed by atoms with E-state index in [4.69, 9.17) is 4.74 Å². The van der Waals surface area contributed by atoms with Crippen molar-refractivity contribution in [1.82, 2.24) is 10.2 Å². The minimum Gasteiger partial charge on any atom is -0.362 e. The summed E-state index contributed by atoms with van der Waals surface area (Å²) >= 11 is 0. The van der Waals surface area contributed by atoms with Gasteiger partial charge in [-0.2, -0.15) is 0 Å². The molecule has 2 aliphatic rings. The largest absolute Gasteiger partial charge is 0.362 e. The Morgan fingerprint density at radius 3 is 2.87 bits per heavy atom. The smallest absolute Gasteiger partial charge is 0.253 e.